The van der Waals surface area contributed by atoms with Gasteiger partial charge >= 0.3 is 5.69 Å². The molecule has 3 aromatic rings. The average Bonchev–Trinajstić information content (AvgIpc) is 3.02. The van der Waals surface area contributed by atoms with Crippen LogP contribution >= 0.6 is 23.2 Å². The summed E-state index contributed by atoms with van der Waals surface area (Å²) in [4.78, 5) is 10.5. The van der Waals surface area contributed by atoms with Gasteiger partial charge in [-0.1, -0.05) is 40.5 Å². The molecule has 122 valence electrons. The lowest BCUT2D eigenvalue weighted by atomic mass is 10.3. The second kappa shape index (κ2) is 6.86. The first-order valence-corrected chi connectivity index (χ1v) is 7.53. The standard InChI is InChI=1S/C15H10Cl2N4O3/c16-10-5-6-15(14(7-10)21(22)23)24-9-11-8-20(19-18-11)13-4-2-1-3-12(13)17/h1-8H,9H2. The van der Waals surface area contributed by atoms with Crippen molar-refractivity contribution in [2.24, 2.45) is 0 Å². The predicted octanol–water partition coefficient (Wildman–Crippen LogP) is 4.06. The van der Waals surface area contributed by atoms with E-state index in [-0.39, 0.29) is 23.1 Å². The largest absolute Gasteiger partial charge is 0.480 e. The first-order valence-electron chi connectivity index (χ1n) is 6.77. The molecule has 0 aliphatic heterocycles. The lowest BCUT2D eigenvalue weighted by Crippen LogP contribution is -1.99. The van der Waals surface area contributed by atoms with Crippen LogP contribution in [0, 0.1) is 10.1 Å². The quantitative estimate of drug-likeness (QED) is 0.503. The molecule has 24 heavy (non-hydrogen) atoms. The lowest BCUT2D eigenvalue weighted by Gasteiger charge is -2.05. The van der Waals surface area contributed by atoms with Gasteiger partial charge in [0, 0.05) is 11.1 Å². The van der Waals surface area contributed by atoms with Gasteiger partial charge in [0.15, 0.2) is 5.75 Å². The number of benzene rings is 2. The van der Waals surface area contributed by atoms with Gasteiger partial charge in [0.2, 0.25) is 0 Å². The van der Waals surface area contributed by atoms with Crippen LogP contribution in [0.4, 0.5) is 5.69 Å². The number of hydrogen-bond acceptors (Lipinski definition) is 5. The molecule has 0 aliphatic rings. The van der Waals surface area contributed by atoms with Crippen LogP contribution in [0.2, 0.25) is 10.0 Å². The van der Waals surface area contributed by atoms with E-state index in [1.165, 1.54) is 22.9 Å². The molecule has 0 saturated carbocycles. The Morgan fingerprint density at radius 2 is 2.00 bits per heavy atom. The maximum absolute atomic E-state index is 11.0. The number of nitro benzene ring substituents is 1. The summed E-state index contributed by atoms with van der Waals surface area (Å²) in [6.07, 6.45) is 1.64. The smallest absolute Gasteiger partial charge is 0.312 e. The molecule has 0 N–H and O–H groups in total. The van der Waals surface area contributed by atoms with Crippen molar-refractivity contribution in [1.29, 1.82) is 0 Å². The van der Waals surface area contributed by atoms with E-state index in [1.807, 2.05) is 12.1 Å². The van der Waals surface area contributed by atoms with Gasteiger partial charge in [-0.3, -0.25) is 10.1 Å². The minimum absolute atomic E-state index is 0.0208. The van der Waals surface area contributed by atoms with Crippen molar-refractivity contribution in [3.8, 4) is 11.4 Å². The highest BCUT2D eigenvalue weighted by Gasteiger charge is 2.16. The number of halogens is 2. The summed E-state index contributed by atoms with van der Waals surface area (Å²) in [5, 5.41) is 19.8. The molecule has 2 aromatic carbocycles. The molecule has 1 heterocycles. The van der Waals surface area contributed by atoms with E-state index in [2.05, 4.69) is 10.3 Å². The molecule has 0 aliphatic carbocycles. The highest BCUT2D eigenvalue weighted by atomic mass is 35.5. The fourth-order valence-electron chi connectivity index (χ4n) is 2.03. The Bertz CT molecular complexity index is 898. The van der Waals surface area contributed by atoms with E-state index in [1.54, 1.807) is 18.3 Å². The first-order chi connectivity index (χ1) is 11.5. The third kappa shape index (κ3) is 3.47. The van der Waals surface area contributed by atoms with Crippen LogP contribution in [0.15, 0.2) is 48.7 Å². The predicted molar refractivity (Wildman–Crippen MR) is 88.8 cm³/mol. The number of nitrogens with zero attached hydrogens (tertiary/aromatic N) is 4. The molecule has 0 radical (unpaired) electrons. The Balaban J connectivity index is 1.77. The van der Waals surface area contributed by atoms with Crippen molar-refractivity contribution in [3.05, 3.63) is 74.5 Å². The van der Waals surface area contributed by atoms with E-state index in [0.29, 0.717) is 16.4 Å². The Kier molecular flexibility index (Phi) is 4.64. The van der Waals surface area contributed by atoms with Gasteiger partial charge in [-0.25, -0.2) is 4.68 Å². The zero-order chi connectivity index (χ0) is 17.1. The van der Waals surface area contributed by atoms with Crippen molar-refractivity contribution >= 4 is 28.9 Å². The second-order valence-corrected chi connectivity index (χ2v) is 5.61. The first kappa shape index (κ1) is 16.2. The van der Waals surface area contributed by atoms with E-state index < -0.39 is 4.92 Å². The zero-order valence-corrected chi connectivity index (χ0v) is 13.6. The molecule has 0 fully saturated rings. The van der Waals surface area contributed by atoms with Crippen LogP contribution in [-0.2, 0) is 6.61 Å². The molecule has 0 atom stereocenters. The summed E-state index contributed by atoms with van der Waals surface area (Å²) in [6, 6.07) is 11.4. The summed E-state index contributed by atoms with van der Waals surface area (Å²) in [5.41, 5.74) is 0.968. The Morgan fingerprint density at radius 3 is 2.75 bits per heavy atom. The molecule has 9 heteroatoms. The van der Waals surface area contributed by atoms with Crippen LogP contribution < -0.4 is 4.74 Å². The number of para-hydroxylation sites is 1. The van der Waals surface area contributed by atoms with Crippen LogP contribution in [0.1, 0.15) is 5.69 Å². The topological polar surface area (TPSA) is 83.1 Å². The van der Waals surface area contributed by atoms with Gasteiger partial charge in [0.1, 0.15) is 12.3 Å². The number of ether oxygens (including phenoxy) is 1. The van der Waals surface area contributed by atoms with Gasteiger partial charge in [-0.05, 0) is 24.3 Å². The Hall–Kier alpha value is -2.64. The zero-order valence-electron chi connectivity index (χ0n) is 12.1. The summed E-state index contributed by atoms with van der Waals surface area (Å²) >= 11 is 11.9. The van der Waals surface area contributed by atoms with Gasteiger partial charge in [0.25, 0.3) is 0 Å². The van der Waals surface area contributed by atoms with Gasteiger partial charge in [-0.2, -0.15) is 0 Å². The molecule has 0 saturated heterocycles. The minimum Gasteiger partial charge on any atom is -0.480 e. The van der Waals surface area contributed by atoms with Gasteiger partial charge in [-0.15, -0.1) is 5.10 Å². The monoisotopic (exact) mass is 364 g/mol. The van der Waals surface area contributed by atoms with Crippen LogP contribution in [0.5, 0.6) is 5.75 Å². The molecule has 3 rings (SSSR count). The second-order valence-electron chi connectivity index (χ2n) is 4.76. The summed E-state index contributed by atoms with van der Waals surface area (Å²) in [5.74, 6) is 0.108. The van der Waals surface area contributed by atoms with Crippen LogP contribution in [-0.4, -0.2) is 19.9 Å². The SMILES string of the molecule is O=[N+]([O-])c1cc(Cl)ccc1OCc1cn(-c2ccccc2Cl)nn1. The molecular weight excluding hydrogens is 355 g/mol. The number of hydrogen-bond donors (Lipinski definition) is 0. The maximum atomic E-state index is 11.0. The van der Waals surface area contributed by atoms with Crippen LogP contribution in [0.25, 0.3) is 5.69 Å². The van der Waals surface area contributed by atoms with Crippen molar-refractivity contribution in [2.75, 3.05) is 0 Å². The summed E-state index contributed by atoms with van der Waals surface area (Å²) in [6.45, 7) is 0.0208. The molecule has 0 amide bonds. The summed E-state index contributed by atoms with van der Waals surface area (Å²) in [7, 11) is 0. The number of rotatable bonds is 5. The third-order valence-electron chi connectivity index (χ3n) is 3.13. The van der Waals surface area contributed by atoms with E-state index in [4.69, 9.17) is 27.9 Å². The van der Waals surface area contributed by atoms with E-state index >= 15 is 0 Å². The Morgan fingerprint density at radius 1 is 1.21 bits per heavy atom. The molecule has 0 spiro atoms. The van der Waals surface area contributed by atoms with Crippen molar-refractivity contribution in [2.45, 2.75) is 6.61 Å². The molecule has 0 bridgehead atoms. The number of aromatic nitrogens is 3. The highest BCUT2D eigenvalue weighted by molar-refractivity contribution is 6.32. The van der Waals surface area contributed by atoms with Crippen molar-refractivity contribution in [3.63, 3.8) is 0 Å². The Labute approximate surface area is 146 Å². The van der Waals surface area contributed by atoms with Gasteiger partial charge < -0.3 is 4.74 Å². The highest BCUT2D eigenvalue weighted by Crippen LogP contribution is 2.30. The fourth-order valence-corrected chi connectivity index (χ4v) is 2.42. The lowest BCUT2D eigenvalue weighted by molar-refractivity contribution is -0.385. The van der Waals surface area contributed by atoms with Crippen molar-refractivity contribution in [1.82, 2.24) is 15.0 Å². The minimum atomic E-state index is -0.554. The average molecular weight is 365 g/mol. The maximum Gasteiger partial charge on any atom is 0.312 e. The normalized spacial score (nSPS) is 10.6. The number of nitro groups is 1. The third-order valence-corrected chi connectivity index (χ3v) is 3.69. The van der Waals surface area contributed by atoms with E-state index in [0.717, 1.165) is 0 Å². The summed E-state index contributed by atoms with van der Waals surface area (Å²) < 4.78 is 6.98. The molecule has 0 unspecified atom stereocenters. The van der Waals surface area contributed by atoms with E-state index in [9.17, 15) is 10.1 Å². The fraction of sp³-hybridized carbons (Fsp3) is 0.0667. The molecular formula is C15H10Cl2N4O3. The van der Waals surface area contributed by atoms with Crippen molar-refractivity contribution < 1.29 is 9.66 Å². The molecule has 1 aromatic heterocycles. The van der Waals surface area contributed by atoms with Crippen LogP contribution in [0.3, 0.4) is 0 Å². The van der Waals surface area contributed by atoms with Gasteiger partial charge in [0.05, 0.1) is 21.8 Å². The molecule has 7 nitrogen and oxygen atoms in total.